The standard InChI is InChI=1S/C15H19BrFN3/c1-4-11-8-12(20(3)19-11)9-15(18-2)10-5-6-13(16)14(17)7-10/h5-8,15,18H,4,9H2,1-3H3. The van der Waals surface area contributed by atoms with Crippen LogP contribution in [0.5, 0.6) is 0 Å². The van der Waals surface area contributed by atoms with E-state index in [0.29, 0.717) is 4.47 Å². The molecule has 0 fully saturated rings. The smallest absolute Gasteiger partial charge is 0.137 e. The van der Waals surface area contributed by atoms with Gasteiger partial charge in [0.2, 0.25) is 0 Å². The molecule has 2 rings (SSSR count). The second-order valence-electron chi connectivity index (χ2n) is 4.82. The fourth-order valence-electron chi connectivity index (χ4n) is 2.26. The Bertz CT molecular complexity index is 595. The van der Waals surface area contributed by atoms with Gasteiger partial charge in [0.25, 0.3) is 0 Å². The molecule has 0 bridgehead atoms. The minimum absolute atomic E-state index is 0.0673. The van der Waals surface area contributed by atoms with Crippen LogP contribution in [0, 0.1) is 5.82 Å². The molecule has 108 valence electrons. The number of nitrogens with zero attached hydrogens (tertiary/aromatic N) is 2. The van der Waals surface area contributed by atoms with Crippen molar-refractivity contribution in [2.24, 2.45) is 7.05 Å². The molecule has 0 amide bonds. The van der Waals surface area contributed by atoms with Crippen molar-refractivity contribution in [2.45, 2.75) is 25.8 Å². The van der Waals surface area contributed by atoms with Crippen molar-refractivity contribution in [3.05, 3.63) is 51.5 Å². The molecule has 0 aliphatic rings. The summed E-state index contributed by atoms with van der Waals surface area (Å²) in [6.07, 6.45) is 1.70. The van der Waals surface area contributed by atoms with Crippen LogP contribution in [0.3, 0.4) is 0 Å². The summed E-state index contributed by atoms with van der Waals surface area (Å²) in [5, 5.41) is 7.69. The third kappa shape index (κ3) is 3.27. The zero-order chi connectivity index (χ0) is 14.7. The molecule has 1 atom stereocenters. The lowest BCUT2D eigenvalue weighted by atomic mass is 10.0. The van der Waals surface area contributed by atoms with Crippen molar-refractivity contribution in [1.29, 1.82) is 0 Å². The molecule has 0 saturated heterocycles. The summed E-state index contributed by atoms with van der Waals surface area (Å²) in [6.45, 7) is 2.09. The van der Waals surface area contributed by atoms with Gasteiger partial charge in [0, 0.05) is 25.2 Å². The highest BCUT2D eigenvalue weighted by Gasteiger charge is 2.15. The van der Waals surface area contributed by atoms with E-state index in [1.807, 2.05) is 24.8 Å². The minimum Gasteiger partial charge on any atom is -0.313 e. The van der Waals surface area contributed by atoms with Gasteiger partial charge in [-0.15, -0.1) is 0 Å². The van der Waals surface area contributed by atoms with Crippen LogP contribution in [0.4, 0.5) is 4.39 Å². The lowest BCUT2D eigenvalue weighted by Crippen LogP contribution is -2.20. The normalized spacial score (nSPS) is 12.7. The van der Waals surface area contributed by atoms with Crippen molar-refractivity contribution >= 4 is 15.9 Å². The molecule has 0 radical (unpaired) electrons. The summed E-state index contributed by atoms with van der Waals surface area (Å²) in [5.74, 6) is -0.234. The molecule has 2 aromatic rings. The van der Waals surface area contributed by atoms with E-state index in [9.17, 15) is 4.39 Å². The first-order valence-electron chi connectivity index (χ1n) is 6.69. The first kappa shape index (κ1) is 15.2. The van der Waals surface area contributed by atoms with Crippen LogP contribution in [0.15, 0.2) is 28.7 Å². The zero-order valence-electron chi connectivity index (χ0n) is 12.0. The number of aryl methyl sites for hydroxylation is 2. The maximum absolute atomic E-state index is 13.7. The Hall–Kier alpha value is -1.20. The fraction of sp³-hybridized carbons (Fsp3) is 0.400. The van der Waals surface area contributed by atoms with Crippen LogP contribution >= 0.6 is 15.9 Å². The fourth-order valence-corrected chi connectivity index (χ4v) is 2.51. The van der Waals surface area contributed by atoms with E-state index < -0.39 is 0 Å². The van der Waals surface area contributed by atoms with Gasteiger partial charge in [0.15, 0.2) is 0 Å². The van der Waals surface area contributed by atoms with Gasteiger partial charge in [0.1, 0.15) is 5.82 Å². The maximum atomic E-state index is 13.7. The zero-order valence-corrected chi connectivity index (χ0v) is 13.5. The average molecular weight is 340 g/mol. The molecule has 0 aliphatic heterocycles. The molecule has 5 heteroatoms. The van der Waals surface area contributed by atoms with E-state index in [1.165, 1.54) is 0 Å². The molecule has 1 aromatic heterocycles. The van der Waals surface area contributed by atoms with E-state index in [-0.39, 0.29) is 11.9 Å². The third-order valence-electron chi connectivity index (χ3n) is 3.50. The van der Waals surface area contributed by atoms with Gasteiger partial charge in [0.05, 0.1) is 10.2 Å². The molecule has 1 unspecified atom stereocenters. The first-order chi connectivity index (χ1) is 9.55. The van der Waals surface area contributed by atoms with Crippen LogP contribution in [0.2, 0.25) is 0 Å². The second-order valence-corrected chi connectivity index (χ2v) is 5.68. The molecule has 0 aliphatic carbocycles. The predicted octanol–water partition coefficient (Wildman–Crippen LogP) is 3.39. The van der Waals surface area contributed by atoms with E-state index in [1.54, 1.807) is 12.1 Å². The van der Waals surface area contributed by atoms with Crippen LogP contribution < -0.4 is 5.32 Å². The van der Waals surface area contributed by atoms with Crippen molar-refractivity contribution < 1.29 is 4.39 Å². The summed E-state index contributed by atoms with van der Waals surface area (Å²) in [5.41, 5.74) is 3.16. The summed E-state index contributed by atoms with van der Waals surface area (Å²) >= 11 is 3.18. The van der Waals surface area contributed by atoms with E-state index in [4.69, 9.17) is 0 Å². The number of benzene rings is 1. The predicted molar refractivity (Wildman–Crippen MR) is 82.2 cm³/mol. The van der Waals surface area contributed by atoms with Gasteiger partial charge in [-0.1, -0.05) is 13.0 Å². The average Bonchev–Trinajstić information content (AvgIpc) is 2.80. The lowest BCUT2D eigenvalue weighted by Gasteiger charge is -2.17. The first-order valence-corrected chi connectivity index (χ1v) is 7.48. The highest BCUT2D eigenvalue weighted by atomic mass is 79.9. The number of likely N-dealkylation sites (N-methyl/N-ethyl adjacent to an activating group) is 1. The van der Waals surface area contributed by atoms with Crippen LogP contribution in [0.1, 0.15) is 29.9 Å². The molecule has 1 heterocycles. The van der Waals surface area contributed by atoms with Gasteiger partial charge in [-0.05, 0) is 53.2 Å². The van der Waals surface area contributed by atoms with Crippen LogP contribution in [-0.2, 0) is 19.9 Å². The number of halogens is 2. The molecular weight excluding hydrogens is 321 g/mol. The third-order valence-corrected chi connectivity index (χ3v) is 4.14. The Labute approximate surface area is 127 Å². The second kappa shape index (κ2) is 6.50. The van der Waals surface area contributed by atoms with E-state index in [0.717, 1.165) is 29.8 Å². The Kier molecular flexibility index (Phi) is 4.94. The Morgan fingerprint density at radius 2 is 2.15 bits per heavy atom. The lowest BCUT2D eigenvalue weighted by molar-refractivity contribution is 0.552. The Morgan fingerprint density at radius 3 is 2.70 bits per heavy atom. The molecule has 0 spiro atoms. The molecular formula is C15H19BrFN3. The summed E-state index contributed by atoms with van der Waals surface area (Å²) in [6, 6.07) is 7.43. The van der Waals surface area contributed by atoms with Crippen molar-refractivity contribution in [2.75, 3.05) is 7.05 Å². The quantitative estimate of drug-likeness (QED) is 0.904. The number of hydrogen-bond donors (Lipinski definition) is 1. The highest BCUT2D eigenvalue weighted by Crippen LogP contribution is 2.23. The van der Waals surface area contributed by atoms with Crippen LogP contribution in [-0.4, -0.2) is 16.8 Å². The SMILES string of the molecule is CCc1cc(CC(NC)c2ccc(Br)c(F)c2)n(C)n1. The maximum Gasteiger partial charge on any atom is 0.137 e. The number of nitrogens with one attached hydrogen (secondary N) is 1. The largest absolute Gasteiger partial charge is 0.313 e. The number of hydrogen-bond acceptors (Lipinski definition) is 2. The summed E-state index contributed by atoms with van der Waals surface area (Å²) < 4.78 is 16.1. The van der Waals surface area contributed by atoms with Gasteiger partial charge >= 0.3 is 0 Å². The minimum atomic E-state index is -0.234. The van der Waals surface area contributed by atoms with Crippen molar-refractivity contribution in [3.63, 3.8) is 0 Å². The summed E-state index contributed by atoms with van der Waals surface area (Å²) in [4.78, 5) is 0. The topological polar surface area (TPSA) is 29.9 Å². The number of rotatable bonds is 5. The van der Waals surface area contributed by atoms with Gasteiger partial charge in [-0.2, -0.15) is 5.10 Å². The molecule has 0 saturated carbocycles. The van der Waals surface area contributed by atoms with E-state index in [2.05, 4.69) is 39.3 Å². The Morgan fingerprint density at radius 1 is 1.40 bits per heavy atom. The van der Waals surface area contributed by atoms with Gasteiger partial charge in [-0.25, -0.2) is 4.39 Å². The molecule has 3 nitrogen and oxygen atoms in total. The molecule has 20 heavy (non-hydrogen) atoms. The Balaban J connectivity index is 2.23. The number of aromatic nitrogens is 2. The highest BCUT2D eigenvalue weighted by molar-refractivity contribution is 9.10. The van der Waals surface area contributed by atoms with Crippen molar-refractivity contribution in [3.8, 4) is 0 Å². The van der Waals surface area contributed by atoms with E-state index >= 15 is 0 Å². The molecule has 1 aromatic carbocycles. The molecule has 1 N–H and O–H groups in total. The van der Waals surface area contributed by atoms with Gasteiger partial charge in [-0.3, -0.25) is 4.68 Å². The van der Waals surface area contributed by atoms with Crippen LogP contribution in [0.25, 0.3) is 0 Å². The van der Waals surface area contributed by atoms with Gasteiger partial charge < -0.3 is 5.32 Å². The van der Waals surface area contributed by atoms with Crippen molar-refractivity contribution in [1.82, 2.24) is 15.1 Å². The monoisotopic (exact) mass is 339 g/mol. The summed E-state index contributed by atoms with van der Waals surface area (Å²) in [7, 11) is 3.84.